The van der Waals surface area contributed by atoms with Crippen molar-refractivity contribution in [2.45, 2.75) is 44.7 Å². The molecule has 2 saturated heterocycles. The van der Waals surface area contributed by atoms with Crippen LogP contribution in [0.25, 0.3) is 16.0 Å². The molecule has 2 bridgehead atoms. The van der Waals surface area contributed by atoms with E-state index < -0.39 is 6.43 Å². The first-order valence-corrected chi connectivity index (χ1v) is 11.3. The maximum Gasteiger partial charge on any atom is 0.280 e. The van der Waals surface area contributed by atoms with Crippen LogP contribution >= 0.6 is 11.3 Å². The van der Waals surface area contributed by atoms with Gasteiger partial charge in [0.05, 0.1) is 33.0 Å². The predicted molar refractivity (Wildman–Crippen MR) is 113 cm³/mol. The Kier molecular flexibility index (Phi) is 4.44. The van der Waals surface area contributed by atoms with E-state index in [0.717, 1.165) is 34.5 Å². The standard InChI is InChI=1S/C21H19F2N7OS/c1-11-26-14-4-2-12(8-18(14)32-11)20(31)30-13-3-5-16(28(30)7-6-13)17-9-15(19(22)23)27-21-24-10-25-29(17)21/h2,4,8-10,13,16,19H,3,5-7H2,1H3/t13-,16?/m1/s1. The molecule has 3 atom stereocenters. The second kappa shape index (κ2) is 7.24. The van der Waals surface area contributed by atoms with Crippen molar-refractivity contribution < 1.29 is 13.6 Å². The Morgan fingerprint density at radius 1 is 1.19 bits per heavy atom. The summed E-state index contributed by atoms with van der Waals surface area (Å²) in [6.45, 7) is 2.62. The summed E-state index contributed by atoms with van der Waals surface area (Å²) in [6, 6.07) is 6.80. The van der Waals surface area contributed by atoms with Crippen molar-refractivity contribution in [3.8, 4) is 0 Å². The fourth-order valence-electron chi connectivity index (χ4n) is 4.88. The molecule has 2 aliphatic heterocycles. The van der Waals surface area contributed by atoms with Crippen LogP contribution in [0.4, 0.5) is 8.78 Å². The van der Waals surface area contributed by atoms with Gasteiger partial charge in [0, 0.05) is 12.1 Å². The zero-order valence-corrected chi connectivity index (χ0v) is 18.0. The smallest absolute Gasteiger partial charge is 0.268 e. The SMILES string of the molecule is Cc1nc2ccc(C(=O)N3[C@@H]4CCC(c5cc(C(F)F)nc6ncnn56)N3CC4)cc2s1. The van der Waals surface area contributed by atoms with Crippen LogP contribution in [-0.4, -0.2) is 53.1 Å². The fourth-order valence-corrected chi connectivity index (χ4v) is 5.75. The number of hydrogen-bond acceptors (Lipinski definition) is 7. The Balaban J connectivity index is 1.39. The number of benzene rings is 1. The highest BCUT2D eigenvalue weighted by Gasteiger charge is 2.45. The van der Waals surface area contributed by atoms with Gasteiger partial charge in [-0.1, -0.05) is 0 Å². The minimum Gasteiger partial charge on any atom is -0.268 e. The number of fused-ring (bicyclic) bond motifs is 4. The molecule has 3 aromatic heterocycles. The third-order valence-electron chi connectivity index (χ3n) is 6.26. The molecule has 2 unspecified atom stereocenters. The maximum absolute atomic E-state index is 13.6. The van der Waals surface area contributed by atoms with Gasteiger partial charge < -0.3 is 0 Å². The molecule has 0 radical (unpaired) electrons. The number of halogens is 2. The molecule has 0 aliphatic carbocycles. The fraction of sp³-hybridized carbons (Fsp3) is 0.381. The third-order valence-corrected chi connectivity index (χ3v) is 7.20. The molecule has 164 valence electrons. The van der Waals surface area contributed by atoms with E-state index >= 15 is 0 Å². The highest BCUT2D eigenvalue weighted by atomic mass is 32.1. The molecule has 1 aromatic carbocycles. The van der Waals surface area contributed by atoms with Crippen molar-refractivity contribution in [1.29, 1.82) is 0 Å². The van der Waals surface area contributed by atoms with Gasteiger partial charge in [0.2, 0.25) is 0 Å². The molecule has 2 fully saturated rings. The van der Waals surface area contributed by atoms with Gasteiger partial charge in [-0.15, -0.1) is 11.3 Å². The predicted octanol–water partition coefficient (Wildman–Crippen LogP) is 3.95. The Hall–Kier alpha value is -3.05. The van der Waals surface area contributed by atoms with Gasteiger partial charge in [-0.2, -0.15) is 14.6 Å². The van der Waals surface area contributed by atoms with Crippen molar-refractivity contribution in [3.05, 3.63) is 52.6 Å². The largest absolute Gasteiger partial charge is 0.280 e. The molecule has 0 spiro atoms. The summed E-state index contributed by atoms with van der Waals surface area (Å²) in [5, 5.41) is 8.98. The van der Waals surface area contributed by atoms with Crippen LogP contribution in [0.5, 0.6) is 0 Å². The zero-order chi connectivity index (χ0) is 22.0. The topological polar surface area (TPSA) is 79.5 Å². The summed E-state index contributed by atoms with van der Waals surface area (Å²) in [5.74, 6) is 0.0612. The van der Waals surface area contributed by atoms with Crippen LogP contribution in [0.3, 0.4) is 0 Å². The minimum atomic E-state index is -2.71. The summed E-state index contributed by atoms with van der Waals surface area (Å²) >= 11 is 1.56. The molecule has 8 nitrogen and oxygen atoms in total. The first kappa shape index (κ1) is 19.6. The van der Waals surface area contributed by atoms with E-state index in [4.69, 9.17) is 0 Å². The second-order valence-corrected chi connectivity index (χ2v) is 9.38. The molecule has 11 heteroatoms. The number of hydrazine groups is 1. The van der Waals surface area contributed by atoms with Crippen LogP contribution < -0.4 is 0 Å². The Morgan fingerprint density at radius 2 is 2.06 bits per heavy atom. The average Bonchev–Trinajstić information content (AvgIpc) is 3.47. The van der Waals surface area contributed by atoms with E-state index in [0.29, 0.717) is 17.8 Å². The molecular weight excluding hydrogens is 436 g/mol. The van der Waals surface area contributed by atoms with E-state index in [1.54, 1.807) is 11.3 Å². The molecule has 0 saturated carbocycles. The lowest BCUT2D eigenvalue weighted by Gasteiger charge is -2.42. The molecule has 0 N–H and O–H groups in total. The summed E-state index contributed by atoms with van der Waals surface area (Å²) in [6.07, 6.45) is 0.974. The molecule has 2 aliphatic rings. The van der Waals surface area contributed by atoms with Gasteiger partial charge >= 0.3 is 0 Å². The monoisotopic (exact) mass is 455 g/mol. The average molecular weight is 455 g/mol. The van der Waals surface area contributed by atoms with E-state index in [1.165, 1.54) is 16.9 Å². The molecule has 4 aromatic rings. The summed E-state index contributed by atoms with van der Waals surface area (Å²) in [5.41, 5.74) is 1.74. The van der Waals surface area contributed by atoms with Crippen molar-refractivity contribution in [1.82, 2.24) is 34.6 Å². The number of amides is 1. The lowest BCUT2D eigenvalue weighted by molar-refractivity contribution is -0.0501. The number of carbonyl (C=O) groups excluding carboxylic acids is 1. The van der Waals surface area contributed by atoms with Crippen LogP contribution in [-0.2, 0) is 0 Å². The number of aromatic nitrogens is 5. The molecular formula is C21H19F2N7OS. The summed E-state index contributed by atoms with van der Waals surface area (Å²) in [7, 11) is 0. The Labute approximate surface area is 185 Å². The van der Waals surface area contributed by atoms with E-state index in [9.17, 15) is 13.6 Å². The van der Waals surface area contributed by atoms with E-state index in [1.807, 2.05) is 35.1 Å². The van der Waals surface area contributed by atoms with Crippen LogP contribution in [0.2, 0.25) is 0 Å². The number of nitrogens with zero attached hydrogens (tertiary/aromatic N) is 7. The van der Waals surface area contributed by atoms with Gasteiger partial charge in [0.25, 0.3) is 18.1 Å². The maximum atomic E-state index is 13.6. The van der Waals surface area contributed by atoms with Gasteiger partial charge in [-0.05, 0) is 50.5 Å². The normalized spacial score (nSPS) is 23.0. The van der Waals surface area contributed by atoms with E-state index in [2.05, 4.69) is 20.1 Å². The van der Waals surface area contributed by atoms with Gasteiger partial charge in [0.1, 0.15) is 12.0 Å². The molecule has 6 rings (SSSR count). The highest BCUT2D eigenvalue weighted by Crippen LogP contribution is 2.41. The number of carbonyl (C=O) groups is 1. The minimum absolute atomic E-state index is 0.0804. The third kappa shape index (κ3) is 2.99. The van der Waals surface area contributed by atoms with E-state index in [-0.39, 0.29) is 29.5 Å². The van der Waals surface area contributed by atoms with Gasteiger partial charge in [0.15, 0.2) is 0 Å². The molecule has 32 heavy (non-hydrogen) atoms. The summed E-state index contributed by atoms with van der Waals surface area (Å²) < 4.78 is 29.5. The van der Waals surface area contributed by atoms with Crippen molar-refractivity contribution in [2.24, 2.45) is 0 Å². The Morgan fingerprint density at radius 3 is 2.91 bits per heavy atom. The molecule has 1 amide bonds. The van der Waals surface area contributed by atoms with Crippen LogP contribution in [0.15, 0.2) is 30.6 Å². The quantitative estimate of drug-likeness (QED) is 0.466. The van der Waals surface area contributed by atoms with Crippen molar-refractivity contribution in [2.75, 3.05) is 6.54 Å². The number of rotatable bonds is 3. The highest BCUT2D eigenvalue weighted by molar-refractivity contribution is 7.18. The van der Waals surface area contributed by atoms with Crippen LogP contribution in [0.1, 0.15) is 58.5 Å². The van der Waals surface area contributed by atoms with Gasteiger partial charge in [-0.25, -0.2) is 23.8 Å². The van der Waals surface area contributed by atoms with Crippen molar-refractivity contribution >= 4 is 33.2 Å². The first-order valence-electron chi connectivity index (χ1n) is 10.5. The number of alkyl halides is 2. The Bertz CT molecular complexity index is 1350. The summed E-state index contributed by atoms with van der Waals surface area (Å²) in [4.78, 5) is 26.0. The van der Waals surface area contributed by atoms with Crippen LogP contribution in [0, 0.1) is 6.92 Å². The van der Waals surface area contributed by atoms with Gasteiger partial charge in [-0.3, -0.25) is 9.80 Å². The number of aryl methyl sites for hydroxylation is 1. The van der Waals surface area contributed by atoms with Crippen molar-refractivity contribution in [3.63, 3.8) is 0 Å². The first-order chi connectivity index (χ1) is 15.5. The lowest BCUT2D eigenvalue weighted by atomic mass is 10.00. The lowest BCUT2D eigenvalue weighted by Crippen LogP contribution is -2.50. The second-order valence-electron chi connectivity index (χ2n) is 8.14. The number of thiazole rings is 1. The zero-order valence-electron chi connectivity index (χ0n) is 17.2. The molecule has 5 heterocycles. The number of hydrogen-bond donors (Lipinski definition) is 0.